The minimum Gasteiger partial charge on any atom is -0.379 e. The summed E-state index contributed by atoms with van der Waals surface area (Å²) in [5.74, 6) is 0.499. The lowest BCUT2D eigenvalue weighted by molar-refractivity contribution is 0.0732. The summed E-state index contributed by atoms with van der Waals surface area (Å²) in [5, 5.41) is 3.53. The van der Waals surface area contributed by atoms with Gasteiger partial charge in [0.1, 0.15) is 0 Å². The van der Waals surface area contributed by atoms with Crippen LogP contribution in [-0.2, 0) is 4.74 Å². The molecule has 0 aliphatic carbocycles. The van der Waals surface area contributed by atoms with E-state index in [-0.39, 0.29) is 0 Å². The van der Waals surface area contributed by atoms with Crippen LogP contribution in [0.15, 0.2) is 28.7 Å². The van der Waals surface area contributed by atoms with Gasteiger partial charge in [0.15, 0.2) is 0 Å². The van der Waals surface area contributed by atoms with E-state index in [0.717, 1.165) is 24.0 Å². The van der Waals surface area contributed by atoms with Gasteiger partial charge >= 0.3 is 0 Å². The number of benzene rings is 1. The van der Waals surface area contributed by atoms with Crippen LogP contribution >= 0.6 is 15.9 Å². The van der Waals surface area contributed by atoms with Gasteiger partial charge in [0, 0.05) is 23.7 Å². The van der Waals surface area contributed by atoms with Gasteiger partial charge in [0.05, 0.1) is 6.10 Å². The van der Waals surface area contributed by atoms with E-state index >= 15 is 0 Å². The van der Waals surface area contributed by atoms with Crippen molar-refractivity contribution < 1.29 is 4.74 Å². The Balaban J connectivity index is 2.62. The van der Waals surface area contributed by atoms with Crippen molar-refractivity contribution in [2.75, 3.05) is 13.2 Å². The Morgan fingerprint density at radius 1 is 1.21 bits per heavy atom. The number of hydrogen-bond acceptors (Lipinski definition) is 2. The number of nitrogens with one attached hydrogen (secondary N) is 1. The predicted molar refractivity (Wildman–Crippen MR) is 85.7 cm³/mol. The third-order valence-electron chi connectivity index (χ3n) is 3.01. The molecular weight excluding hydrogens is 302 g/mol. The van der Waals surface area contributed by atoms with E-state index in [2.05, 4.69) is 73.2 Å². The van der Waals surface area contributed by atoms with Gasteiger partial charge in [0.25, 0.3) is 0 Å². The Labute approximate surface area is 126 Å². The van der Waals surface area contributed by atoms with Crippen molar-refractivity contribution in [3.63, 3.8) is 0 Å². The Morgan fingerprint density at radius 3 is 2.53 bits per heavy atom. The van der Waals surface area contributed by atoms with Crippen LogP contribution in [0.2, 0.25) is 0 Å². The molecule has 1 aromatic carbocycles. The van der Waals surface area contributed by atoms with Crippen molar-refractivity contribution >= 4 is 15.9 Å². The molecule has 0 saturated heterocycles. The van der Waals surface area contributed by atoms with Crippen LogP contribution < -0.4 is 5.32 Å². The molecule has 1 aromatic rings. The molecule has 1 atom stereocenters. The van der Waals surface area contributed by atoms with Crippen molar-refractivity contribution in [2.45, 2.75) is 52.2 Å². The molecule has 1 rings (SSSR count). The van der Waals surface area contributed by atoms with E-state index in [0.29, 0.717) is 18.1 Å². The molecule has 0 bridgehead atoms. The molecule has 0 aliphatic heterocycles. The van der Waals surface area contributed by atoms with Crippen LogP contribution in [0, 0.1) is 0 Å². The maximum absolute atomic E-state index is 5.69. The zero-order valence-corrected chi connectivity index (χ0v) is 14.0. The van der Waals surface area contributed by atoms with Crippen LogP contribution in [0.1, 0.15) is 45.6 Å². The number of rotatable bonds is 8. The second-order valence-electron chi connectivity index (χ2n) is 5.52. The molecule has 0 aliphatic rings. The lowest BCUT2D eigenvalue weighted by Crippen LogP contribution is -2.28. The standard InChI is InChI=1S/C16H26BrNO/c1-12(2)18-11-15(8-9-19-13(3)4)14-6-5-7-16(17)10-14/h5-7,10,12-13,15,18H,8-9,11H2,1-4H3. The van der Waals surface area contributed by atoms with E-state index < -0.39 is 0 Å². The highest BCUT2D eigenvalue weighted by Crippen LogP contribution is 2.23. The zero-order valence-electron chi connectivity index (χ0n) is 12.4. The zero-order chi connectivity index (χ0) is 14.3. The summed E-state index contributed by atoms with van der Waals surface area (Å²) >= 11 is 3.55. The molecule has 2 nitrogen and oxygen atoms in total. The first kappa shape index (κ1) is 16.7. The van der Waals surface area contributed by atoms with Gasteiger partial charge in [-0.1, -0.05) is 41.9 Å². The van der Waals surface area contributed by atoms with E-state index in [9.17, 15) is 0 Å². The van der Waals surface area contributed by atoms with E-state index in [1.54, 1.807) is 0 Å². The maximum Gasteiger partial charge on any atom is 0.0518 e. The lowest BCUT2D eigenvalue weighted by atomic mass is 9.96. The van der Waals surface area contributed by atoms with Crippen molar-refractivity contribution in [3.8, 4) is 0 Å². The molecule has 3 heteroatoms. The third kappa shape index (κ3) is 7.09. The molecule has 108 valence electrons. The monoisotopic (exact) mass is 327 g/mol. The molecule has 1 unspecified atom stereocenters. The molecular formula is C16H26BrNO. The van der Waals surface area contributed by atoms with E-state index in [1.165, 1.54) is 5.56 Å². The van der Waals surface area contributed by atoms with Gasteiger partial charge in [0.2, 0.25) is 0 Å². The normalized spacial score (nSPS) is 13.2. The first-order valence-electron chi connectivity index (χ1n) is 7.09. The fourth-order valence-corrected chi connectivity index (χ4v) is 2.39. The molecule has 0 saturated carbocycles. The van der Waals surface area contributed by atoms with Gasteiger partial charge < -0.3 is 10.1 Å². The summed E-state index contributed by atoms with van der Waals surface area (Å²) in [4.78, 5) is 0. The number of halogens is 1. The third-order valence-corrected chi connectivity index (χ3v) is 3.50. The van der Waals surface area contributed by atoms with Crippen LogP contribution in [0.4, 0.5) is 0 Å². The summed E-state index contributed by atoms with van der Waals surface area (Å²) < 4.78 is 6.83. The second kappa shape index (κ2) is 8.72. The SMILES string of the molecule is CC(C)NCC(CCOC(C)C)c1cccc(Br)c1. The second-order valence-corrected chi connectivity index (χ2v) is 6.44. The van der Waals surface area contributed by atoms with Crippen molar-refractivity contribution in [2.24, 2.45) is 0 Å². The highest BCUT2D eigenvalue weighted by molar-refractivity contribution is 9.10. The van der Waals surface area contributed by atoms with E-state index in [1.807, 2.05) is 0 Å². The minimum atomic E-state index is 0.307. The van der Waals surface area contributed by atoms with Crippen molar-refractivity contribution in [1.82, 2.24) is 5.32 Å². The smallest absolute Gasteiger partial charge is 0.0518 e. The highest BCUT2D eigenvalue weighted by atomic mass is 79.9. The fourth-order valence-electron chi connectivity index (χ4n) is 1.97. The summed E-state index contributed by atoms with van der Waals surface area (Å²) in [7, 11) is 0. The average molecular weight is 328 g/mol. The van der Waals surface area contributed by atoms with Gasteiger partial charge in [-0.15, -0.1) is 0 Å². The summed E-state index contributed by atoms with van der Waals surface area (Å²) in [6.45, 7) is 10.3. The van der Waals surface area contributed by atoms with Crippen molar-refractivity contribution in [3.05, 3.63) is 34.3 Å². The molecule has 0 amide bonds. The largest absolute Gasteiger partial charge is 0.379 e. The fraction of sp³-hybridized carbons (Fsp3) is 0.625. The average Bonchev–Trinajstić information content (AvgIpc) is 2.32. The maximum atomic E-state index is 5.69. The Kier molecular flexibility index (Phi) is 7.66. The summed E-state index contributed by atoms with van der Waals surface area (Å²) in [5.41, 5.74) is 1.37. The topological polar surface area (TPSA) is 21.3 Å². The molecule has 19 heavy (non-hydrogen) atoms. The molecule has 0 aromatic heterocycles. The quantitative estimate of drug-likeness (QED) is 0.766. The summed E-state index contributed by atoms with van der Waals surface area (Å²) in [6.07, 6.45) is 1.36. The van der Waals surface area contributed by atoms with Crippen LogP contribution in [0.25, 0.3) is 0 Å². The Morgan fingerprint density at radius 2 is 1.95 bits per heavy atom. The van der Waals surface area contributed by atoms with Crippen LogP contribution in [-0.4, -0.2) is 25.3 Å². The highest BCUT2D eigenvalue weighted by Gasteiger charge is 2.12. The van der Waals surface area contributed by atoms with Gasteiger partial charge in [-0.3, -0.25) is 0 Å². The molecule has 0 heterocycles. The van der Waals surface area contributed by atoms with Crippen molar-refractivity contribution in [1.29, 1.82) is 0 Å². The Bertz CT molecular complexity index is 366. The first-order chi connectivity index (χ1) is 8.99. The van der Waals surface area contributed by atoms with Crippen LogP contribution in [0.3, 0.4) is 0 Å². The van der Waals surface area contributed by atoms with Crippen LogP contribution in [0.5, 0.6) is 0 Å². The predicted octanol–water partition coefficient (Wildman–Crippen LogP) is 4.35. The van der Waals surface area contributed by atoms with Gasteiger partial charge in [-0.25, -0.2) is 0 Å². The molecule has 0 fully saturated rings. The molecule has 0 radical (unpaired) electrons. The molecule has 1 N–H and O–H groups in total. The molecule has 0 spiro atoms. The first-order valence-corrected chi connectivity index (χ1v) is 7.88. The lowest BCUT2D eigenvalue weighted by Gasteiger charge is -2.20. The Hall–Kier alpha value is -0.380. The summed E-state index contributed by atoms with van der Waals surface area (Å²) in [6, 6.07) is 9.10. The number of ether oxygens (including phenoxy) is 1. The van der Waals surface area contributed by atoms with E-state index in [4.69, 9.17) is 4.74 Å². The van der Waals surface area contributed by atoms with Gasteiger partial charge in [-0.2, -0.15) is 0 Å². The van der Waals surface area contributed by atoms with Gasteiger partial charge in [-0.05, 0) is 43.9 Å². The number of hydrogen-bond donors (Lipinski definition) is 1. The minimum absolute atomic E-state index is 0.307.